The fourth-order valence-corrected chi connectivity index (χ4v) is 2.90. The maximum atomic E-state index is 6.01. The average molecular weight is 194 g/mol. The van der Waals surface area contributed by atoms with Crippen LogP contribution in [-0.4, -0.2) is 19.0 Å². The largest absolute Gasteiger partial charge is 0.353 e. The first kappa shape index (κ1) is 8.93. The van der Waals surface area contributed by atoms with Gasteiger partial charge < -0.3 is 9.47 Å². The van der Waals surface area contributed by atoms with Gasteiger partial charge in [-0.05, 0) is 38.0 Å². The second-order valence-corrected chi connectivity index (χ2v) is 4.75. The van der Waals surface area contributed by atoms with Gasteiger partial charge in [-0.3, -0.25) is 0 Å². The number of fused-ring (bicyclic) bond motifs is 2. The van der Waals surface area contributed by atoms with Gasteiger partial charge in [-0.2, -0.15) is 0 Å². The molecule has 0 aromatic heterocycles. The molecular weight excluding hydrogens is 176 g/mol. The van der Waals surface area contributed by atoms with Gasteiger partial charge in [0.1, 0.15) is 0 Å². The Bertz CT molecular complexity index is 230. The number of allylic oxidation sites excluding steroid dienone is 1. The normalized spacial score (nSPS) is 46.0. The fourth-order valence-electron chi connectivity index (χ4n) is 2.90. The molecular formula is C12H18O2. The summed E-state index contributed by atoms with van der Waals surface area (Å²) in [6.45, 7) is 0.890. The molecule has 14 heavy (non-hydrogen) atoms. The molecule has 78 valence electrons. The number of ether oxygens (including phenoxy) is 2. The van der Waals surface area contributed by atoms with E-state index in [4.69, 9.17) is 9.47 Å². The Hall–Kier alpha value is -0.340. The van der Waals surface area contributed by atoms with E-state index in [0.717, 1.165) is 18.9 Å². The van der Waals surface area contributed by atoms with Gasteiger partial charge in [-0.1, -0.05) is 12.2 Å². The minimum atomic E-state index is 0.0986. The summed E-state index contributed by atoms with van der Waals surface area (Å²) < 4.78 is 11.6. The molecule has 2 nitrogen and oxygen atoms in total. The average Bonchev–Trinajstić information content (AvgIpc) is 2.81. The van der Waals surface area contributed by atoms with Crippen molar-refractivity contribution in [3.63, 3.8) is 0 Å². The van der Waals surface area contributed by atoms with E-state index in [2.05, 4.69) is 12.2 Å². The molecule has 3 rings (SSSR count). The highest BCUT2D eigenvalue weighted by Gasteiger charge is 2.37. The lowest BCUT2D eigenvalue weighted by atomic mass is 10.0. The summed E-state index contributed by atoms with van der Waals surface area (Å²) in [5.74, 6) is 1.49. The Labute approximate surface area is 85.3 Å². The number of hydrogen-bond acceptors (Lipinski definition) is 2. The van der Waals surface area contributed by atoms with E-state index < -0.39 is 0 Å². The molecule has 0 spiro atoms. The van der Waals surface area contributed by atoms with Gasteiger partial charge in [0.05, 0.1) is 6.10 Å². The van der Waals surface area contributed by atoms with Gasteiger partial charge in [-0.15, -0.1) is 0 Å². The Kier molecular flexibility index (Phi) is 2.34. The molecule has 2 bridgehead atoms. The standard InChI is InChI=1S/C12H18O2/c1-2-6-13-12(3-1)14-11-8-9-4-5-10(11)7-9/h4-5,9-12H,1-3,6-8H2. The number of rotatable bonds is 2. The van der Waals surface area contributed by atoms with Gasteiger partial charge in [0, 0.05) is 12.5 Å². The fraction of sp³-hybridized carbons (Fsp3) is 0.833. The van der Waals surface area contributed by atoms with Gasteiger partial charge in [0.15, 0.2) is 6.29 Å². The maximum Gasteiger partial charge on any atom is 0.157 e. The Morgan fingerprint density at radius 2 is 2.14 bits per heavy atom. The maximum absolute atomic E-state index is 6.01. The summed E-state index contributed by atoms with van der Waals surface area (Å²) in [4.78, 5) is 0. The van der Waals surface area contributed by atoms with E-state index in [1.165, 1.54) is 25.7 Å². The first-order valence-electron chi connectivity index (χ1n) is 5.87. The van der Waals surface area contributed by atoms with Crippen molar-refractivity contribution in [3.05, 3.63) is 12.2 Å². The van der Waals surface area contributed by atoms with Crippen LogP contribution in [0.5, 0.6) is 0 Å². The van der Waals surface area contributed by atoms with Gasteiger partial charge >= 0.3 is 0 Å². The van der Waals surface area contributed by atoms with Crippen molar-refractivity contribution in [1.82, 2.24) is 0 Å². The van der Waals surface area contributed by atoms with Crippen LogP contribution in [-0.2, 0) is 9.47 Å². The minimum Gasteiger partial charge on any atom is -0.353 e. The van der Waals surface area contributed by atoms with Crippen molar-refractivity contribution >= 4 is 0 Å². The van der Waals surface area contributed by atoms with Crippen LogP contribution in [0, 0.1) is 11.8 Å². The topological polar surface area (TPSA) is 18.5 Å². The molecule has 2 aliphatic carbocycles. The van der Waals surface area contributed by atoms with Crippen molar-refractivity contribution in [1.29, 1.82) is 0 Å². The molecule has 3 aliphatic rings. The quantitative estimate of drug-likeness (QED) is 0.629. The molecule has 4 atom stereocenters. The van der Waals surface area contributed by atoms with Crippen LogP contribution in [0.4, 0.5) is 0 Å². The lowest BCUT2D eigenvalue weighted by molar-refractivity contribution is -0.192. The zero-order valence-corrected chi connectivity index (χ0v) is 8.52. The molecule has 2 heteroatoms. The molecule has 1 saturated heterocycles. The van der Waals surface area contributed by atoms with Gasteiger partial charge in [0.2, 0.25) is 0 Å². The Balaban J connectivity index is 1.54. The molecule has 1 aliphatic heterocycles. The first-order chi connectivity index (χ1) is 6.92. The van der Waals surface area contributed by atoms with E-state index in [0.29, 0.717) is 12.0 Å². The summed E-state index contributed by atoms with van der Waals surface area (Å²) in [5.41, 5.74) is 0. The smallest absolute Gasteiger partial charge is 0.157 e. The monoisotopic (exact) mass is 194 g/mol. The minimum absolute atomic E-state index is 0.0986. The highest BCUT2D eigenvalue weighted by molar-refractivity contribution is 5.11. The van der Waals surface area contributed by atoms with Gasteiger partial charge in [-0.25, -0.2) is 0 Å². The van der Waals surface area contributed by atoms with E-state index >= 15 is 0 Å². The van der Waals surface area contributed by atoms with Crippen molar-refractivity contribution in [2.75, 3.05) is 6.61 Å². The molecule has 0 amide bonds. The van der Waals surface area contributed by atoms with Crippen LogP contribution in [0.2, 0.25) is 0 Å². The first-order valence-corrected chi connectivity index (χ1v) is 5.87. The van der Waals surface area contributed by atoms with E-state index in [1.807, 2.05) is 0 Å². The van der Waals surface area contributed by atoms with Crippen molar-refractivity contribution < 1.29 is 9.47 Å². The van der Waals surface area contributed by atoms with Crippen molar-refractivity contribution in [2.24, 2.45) is 11.8 Å². The SMILES string of the molecule is C1=CC2CC1CC2OC1CCCCO1. The summed E-state index contributed by atoms with van der Waals surface area (Å²) in [6.07, 6.45) is 11.3. The van der Waals surface area contributed by atoms with Crippen LogP contribution in [0.1, 0.15) is 32.1 Å². The molecule has 1 saturated carbocycles. The molecule has 0 aromatic rings. The third kappa shape index (κ3) is 1.61. The Morgan fingerprint density at radius 1 is 1.14 bits per heavy atom. The third-order valence-electron chi connectivity index (χ3n) is 3.68. The second-order valence-electron chi connectivity index (χ2n) is 4.75. The highest BCUT2D eigenvalue weighted by atomic mass is 16.7. The van der Waals surface area contributed by atoms with E-state index in [1.54, 1.807) is 0 Å². The summed E-state index contributed by atoms with van der Waals surface area (Å²) in [5, 5.41) is 0. The predicted molar refractivity (Wildman–Crippen MR) is 53.8 cm³/mol. The lowest BCUT2D eigenvalue weighted by Gasteiger charge is -2.28. The molecule has 1 heterocycles. The predicted octanol–water partition coefficient (Wildman–Crippen LogP) is 2.49. The number of hydrogen-bond donors (Lipinski definition) is 0. The van der Waals surface area contributed by atoms with Crippen molar-refractivity contribution in [3.8, 4) is 0 Å². The van der Waals surface area contributed by atoms with Crippen molar-refractivity contribution in [2.45, 2.75) is 44.5 Å². The van der Waals surface area contributed by atoms with E-state index in [9.17, 15) is 0 Å². The molecule has 0 N–H and O–H groups in total. The lowest BCUT2D eigenvalue weighted by Crippen LogP contribution is -2.29. The van der Waals surface area contributed by atoms with Crippen LogP contribution < -0.4 is 0 Å². The molecule has 0 aromatic carbocycles. The zero-order chi connectivity index (χ0) is 9.38. The molecule has 2 fully saturated rings. The van der Waals surface area contributed by atoms with Crippen LogP contribution in [0.15, 0.2) is 12.2 Å². The van der Waals surface area contributed by atoms with Gasteiger partial charge in [0.25, 0.3) is 0 Å². The molecule has 0 radical (unpaired) electrons. The van der Waals surface area contributed by atoms with Crippen LogP contribution in [0.25, 0.3) is 0 Å². The molecule has 4 unspecified atom stereocenters. The second kappa shape index (κ2) is 3.67. The Morgan fingerprint density at radius 3 is 2.79 bits per heavy atom. The summed E-state index contributed by atoms with van der Waals surface area (Å²) >= 11 is 0. The van der Waals surface area contributed by atoms with E-state index in [-0.39, 0.29) is 6.29 Å². The highest BCUT2D eigenvalue weighted by Crippen LogP contribution is 2.41. The summed E-state index contributed by atoms with van der Waals surface area (Å²) in [6, 6.07) is 0. The van der Waals surface area contributed by atoms with Crippen LogP contribution >= 0.6 is 0 Å². The third-order valence-corrected chi connectivity index (χ3v) is 3.68. The summed E-state index contributed by atoms with van der Waals surface area (Å²) in [7, 11) is 0. The van der Waals surface area contributed by atoms with Crippen LogP contribution in [0.3, 0.4) is 0 Å². The zero-order valence-electron chi connectivity index (χ0n) is 8.52.